The number of nitro groups is 1. The van der Waals surface area contributed by atoms with Gasteiger partial charge < -0.3 is 9.80 Å². The summed E-state index contributed by atoms with van der Waals surface area (Å²) in [4.78, 5) is 27.1. The largest absolute Gasteiger partial charge is 0.330 e. The van der Waals surface area contributed by atoms with Crippen LogP contribution in [-0.2, 0) is 4.79 Å². The molecule has 1 fully saturated rings. The Hall–Kier alpha value is -2.99. The van der Waals surface area contributed by atoms with Gasteiger partial charge in [0.25, 0.3) is 5.69 Å². The molecule has 1 aliphatic rings. The maximum atomic E-state index is 12.7. The number of non-ortho nitro benzene ring substituents is 1. The van der Waals surface area contributed by atoms with E-state index in [9.17, 15) is 14.9 Å². The van der Waals surface area contributed by atoms with Gasteiger partial charge in [0.05, 0.1) is 11.0 Å². The number of likely N-dealkylation sites (N-methyl/N-ethyl adjacent to an activating group) is 1. The zero-order valence-electron chi connectivity index (χ0n) is 14.6. The molecule has 0 saturated carbocycles. The Bertz CT molecular complexity index is 803. The predicted molar refractivity (Wildman–Crippen MR) is 101 cm³/mol. The zero-order chi connectivity index (χ0) is 18.5. The third kappa shape index (κ3) is 4.15. The van der Waals surface area contributed by atoms with Crippen molar-refractivity contribution in [2.45, 2.75) is 6.04 Å². The zero-order valence-corrected chi connectivity index (χ0v) is 14.6. The normalized spacial score (nSPS) is 18.2. The van der Waals surface area contributed by atoms with Crippen LogP contribution in [0.1, 0.15) is 17.2 Å². The van der Waals surface area contributed by atoms with Crippen LogP contribution in [0.5, 0.6) is 0 Å². The number of carbonyl (C=O) groups is 1. The predicted octanol–water partition coefficient (Wildman–Crippen LogP) is 3.12. The summed E-state index contributed by atoms with van der Waals surface area (Å²) in [6.45, 7) is 2.29. The highest BCUT2D eigenvalue weighted by molar-refractivity contribution is 5.92. The summed E-state index contributed by atoms with van der Waals surface area (Å²) >= 11 is 0. The molecule has 134 valence electrons. The minimum atomic E-state index is -0.437. The van der Waals surface area contributed by atoms with Crippen LogP contribution < -0.4 is 0 Å². The summed E-state index contributed by atoms with van der Waals surface area (Å²) in [7, 11) is 2.06. The van der Waals surface area contributed by atoms with Gasteiger partial charge in [-0.25, -0.2) is 0 Å². The summed E-state index contributed by atoms with van der Waals surface area (Å²) in [5.74, 6) is -0.0506. The second-order valence-electron chi connectivity index (χ2n) is 6.40. The molecule has 6 nitrogen and oxygen atoms in total. The molecule has 0 bridgehead atoms. The van der Waals surface area contributed by atoms with Crippen LogP contribution in [0.3, 0.4) is 0 Å². The lowest BCUT2D eigenvalue weighted by Gasteiger charge is -2.39. The van der Waals surface area contributed by atoms with Crippen molar-refractivity contribution >= 4 is 17.7 Å². The van der Waals surface area contributed by atoms with Gasteiger partial charge in [-0.1, -0.05) is 30.3 Å². The van der Waals surface area contributed by atoms with Crippen molar-refractivity contribution in [3.05, 3.63) is 81.9 Å². The Morgan fingerprint density at radius 2 is 1.81 bits per heavy atom. The molecule has 0 radical (unpaired) electrons. The molecule has 2 aromatic rings. The lowest BCUT2D eigenvalue weighted by Crippen LogP contribution is -2.48. The van der Waals surface area contributed by atoms with Gasteiger partial charge in [-0.15, -0.1) is 0 Å². The van der Waals surface area contributed by atoms with E-state index >= 15 is 0 Å². The first kappa shape index (κ1) is 17.8. The van der Waals surface area contributed by atoms with Crippen LogP contribution in [0.15, 0.2) is 60.7 Å². The van der Waals surface area contributed by atoms with Crippen LogP contribution in [0.25, 0.3) is 6.08 Å². The van der Waals surface area contributed by atoms with Crippen LogP contribution >= 0.6 is 0 Å². The SMILES string of the molecule is CN1CCN(C(=O)/C=C/c2ccc([N+](=O)[O-])cc2)C(c2ccccc2)C1. The summed E-state index contributed by atoms with van der Waals surface area (Å²) in [6, 6.07) is 16.2. The summed E-state index contributed by atoms with van der Waals surface area (Å²) in [5.41, 5.74) is 1.92. The van der Waals surface area contributed by atoms with E-state index < -0.39 is 4.92 Å². The van der Waals surface area contributed by atoms with Gasteiger partial charge in [-0.2, -0.15) is 0 Å². The molecule has 1 heterocycles. The Morgan fingerprint density at radius 1 is 1.12 bits per heavy atom. The van der Waals surface area contributed by atoms with Crippen LogP contribution in [0.4, 0.5) is 5.69 Å². The standard InChI is InChI=1S/C20H21N3O3/c1-21-13-14-22(19(15-21)17-5-3-2-4-6-17)20(24)12-9-16-7-10-18(11-8-16)23(25)26/h2-12,19H,13-15H2,1H3/b12-9+. The average Bonchev–Trinajstić information content (AvgIpc) is 2.67. The number of carbonyl (C=O) groups excluding carboxylic acids is 1. The van der Waals surface area contributed by atoms with Gasteiger partial charge in [0.1, 0.15) is 0 Å². The van der Waals surface area contributed by atoms with E-state index in [1.807, 2.05) is 35.2 Å². The summed E-state index contributed by atoms with van der Waals surface area (Å²) in [5, 5.41) is 10.7. The van der Waals surface area contributed by atoms with Crippen molar-refractivity contribution in [3.63, 3.8) is 0 Å². The molecule has 0 aromatic heterocycles. The monoisotopic (exact) mass is 351 g/mol. The molecule has 6 heteroatoms. The smallest absolute Gasteiger partial charge is 0.269 e. The highest BCUT2D eigenvalue weighted by Crippen LogP contribution is 2.25. The van der Waals surface area contributed by atoms with Crippen molar-refractivity contribution in [1.29, 1.82) is 0 Å². The summed E-state index contributed by atoms with van der Waals surface area (Å²) in [6.07, 6.45) is 3.24. The second-order valence-corrected chi connectivity index (χ2v) is 6.40. The van der Waals surface area contributed by atoms with E-state index in [1.54, 1.807) is 24.3 Å². The van der Waals surface area contributed by atoms with Gasteiger partial charge in [-0.05, 0) is 36.4 Å². The highest BCUT2D eigenvalue weighted by Gasteiger charge is 2.28. The van der Waals surface area contributed by atoms with Gasteiger partial charge in [-0.3, -0.25) is 14.9 Å². The maximum Gasteiger partial charge on any atom is 0.269 e. The Balaban J connectivity index is 1.75. The van der Waals surface area contributed by atoms with Gasteiger partial charge in [0.2, 0.25) is 5.91 Å². The number of nitrogens with zero attached hydrogens (tertiary/aromatic N) is 3. The van der Waals surface area contributed by atoms with Gasteiger partial charge in [0.15, 0.2) is 0 Å². The van der Waals surface area contributed by atoms with E-state index in [1.165, 1.54) is 12.1 Å². The number of benzene rings is 2. The molecule has 1 aliphatic heterocycles. The van der Waals surface area contributed by atoms with E-state index in [-0.39, 0.29) is 17.6 Å². The molecule has 26 heavy (non-hydrogen) atoms. The van der Waals surface area contributed by atoms with Crippen molar-refractivity contribution in [2.24, 2.45) is 0 Å². The number of hydrogen-bond acceptors (Lipinski definition) is 4. The minimum Gasteiger partial charge on any atom is -0.330 e. The molecule has 2 aromatic carbocycles. The molecule has 1 atom stereocenters. The lowest BCUT2D eigenvalue weighted by atomic mass is 10.0. The Labute approximate surface area is 152 Å². The fourth-order valence-electron chi connectivity index (χ4n) is 3.11. The van der Waals surface area contributed by atoms with Gasteiger partial charge in [0, 0.05) is 37.8 Å². The first-order valence-electron chi connectivity index (χ1n) is 8.51. The summed E-state index contributed by atoms with van der Waals surface area (Å²) < 4.78 is 0. The molecular formula is C20H21N3O3. The first-order valence-corrected chi connectivity index (χ1v) is 8.51. The molecular weight excluding hydrogens is 330 g/mol. The number of amides is 1. The number of piperazine rings is 1. The molecule has 0 aliphatic carbocycles. The number of rotatable bonds is 4. The topological polar surface area (TPSA) is 66.7 Å². The number of nitro benzene ring substituents is 1. The van der Waals surface area contributed by atoms with Crippen molar-refractivity contribution < 1.29 is 9.72 Å². The van der Waals surface area contributed by atoms with Crippen molar-refractivity contribution in [1.82, 2.24) is 9.80 Å². The van der Waals surface area contributed by atoms with Crippen LogP contribution in [0, 0.1) is 10.1 Å². The van der Waals surface area contributed by atoms with Crippen LogP contribution in [0.2, 0.25) is 0 Å². The van der Waals surface area contributed by atoms with Crippen molar-refractivity contribution in [2.75, 3.05) is 26.7 Å². The molecule has 1 amide bonds. The molecule has 0 spiro atoms. The number of hydrogen-bond donors (Lipinski definition) is 0. The fraction of sp³-hybridized carbons (Fsp3) is 0.250. The fourth-order valence-corrected chi connectivity index (χ4v) is 3.11. The Kier molecular flexibility index (Phi) is 5.43. The first-order chi connectivity index (χ1) is 12.5. The average molecular weight is 351 g/mol. The van der Waals surface area contributed by atoms with E-state index in [0.29, 0.717) is 6.54 Å². The van der Waals surface area contributed by atoms with Crippen molar-refractivity contribution in [3.8, 4) is 0 Å². The van der Waals surface area contributed by atoms with Crippen LogP contribution in [-0.4, -0.2) is 47.3 Å². The van der Waals surface area contributed by atoms with E-state index in [0.717, 1.165) is 24.2 Å². The quantitative estimate of drug-likeness (QED) is 0.482. The molecule has 3 rings (SSSR count). The third-order valence-electron chi connectivity index (χ3n) is 4.57. The van der Waals surface area contributed by atoms with Gasteiger partial charge >= 0.3 is 0 Å². The Morgan fingerprint density at radius 3 is 2.46 bits per heavy atom. The molecule has 1 unspecified atom stereocenters. The highest BCUT2D eigenvalue weighted by atomic mass is 16.6. The van der Waals surface area contributed by atoms with E-state index in [2.05, 4.69) is 11.9 Å². The third-order valence-corrected chi connectivity index (χ3v) is 4.57. The van der Waals surface area contributed by atoms with E-state index in [4.69, 9.17) is 0 Å². The molecule has 0 N–H and O–H groups in total. The minimum absolute atomic E-state index is 0.0176. The lowest BCUT2D eigenvalue weighted by molar-refractivity contribution is -0.384. The second kappa shape index (κ2) is 7.93. The molecule has 1 saturated heterocycles. The maximum absolute atomic E-state index is 12.7.